The van der Waals surface area contributed by atoms with Crippen LogP contribution < -0.4 is 4.72 Å². The van der Waals surface area contributed by atoms with E-state index < -0.39 is 32.9 Å². The van der Waals surface area contributed by atoms with Gasteiger partial charge in [-0.05, 0) is 55.7 Å². The average molecular weight is 479 g/mol. The number of sulfonamides is 1. The zero-order valence-corrected chi connectivity index (χ0v) is 18.5. The number of halogens is 2. The first-order valence-electron chi connectivity index (χ1n) is 10.5. The smallest absolute Gasteiger partial charge is 0.243 e. The summed E-state index contributed by atoms with van der Waals surface area (Å²) in [6, 6.07) is 10.4. The highest BCUT2D eigenvalue weighted by Crippen LogP contribution is 2.25. The minimum atomic E-state index is -4.09. The summed E-state index contributed by atoms with van der Waals surface area (Å²) in [6.07, 6.45) is 2.36. The van der Waals surface area contributed by atoms with Crippen LogP contribution in [0, 0.1) is 11.6 Å². The van der Waals surface area contributed by atoms with Gasteiger partial charge in [0.05, 0.1) is 31.1 Å². The van der Waals surface area contributed by atoms with E-state index in [4.69, 9.17) is 4.74 Å². The largest absolute Gasteiger partial charge is 0.394 e. The van der Waals surface area contributed by atoms with Crippen molar-refractivity contribution in [2.75, 3.05) is 6.61 Å². The van der Waals surface area contributed by atoms with Gasteiger partial charge in [-0.1, -0.05) is 17.3 Å². The number of aromatic nitrogens is 3. The predicted octanol–water partition coefficient (Wildman–Crippen LogP) is 2.50. The quantitative estimate of drug-likeness (QED) is 0.515. The van der Waals surface area contributed by atoms with Crippen molar-refractivity contribution in [2.45, 2.75) is 49.0 Å². The second-order valence-electron chi connectivity index (χ2n) is 7.88. The van der Waals surface area contributed by atoms with Gasteiger partial charge in [0.2, 0.25) is 10.0 Å². The summed E-state index contributed by atoms with van der Waals surface area (Å²) in [7, 11) is -4.09. The van der Waals surface area contributed by atoms with Gasteiger partial charge in [-0.2, -0.15) is 0 Å². The fourth-order valence-corrected chi connectivity index (χ4v) is 5.22. The molecule has 0 spiro atoms. The normalized spacial score (nSPS) is 21.2. The molecule has 11 heteroatoms. The van der Waals surface area contributed by atoms with Crippen LogP contribution in [0.25, 0.3) is 11.3 Å². The molecule has 1 fully saturated rings. The van der Waals surface area contributed by atoms with Crippen LogP contribution in [0.15, 0.2) is 59.6 Å². The highest BCUT2D eigenvalue weighted by Gasteiger charge is 2.34. The number of hydrogen-bond acceptors (Lipinski definition) is 6. The van der Waals surface area contributed by atoms with Gasteiger partial charge in [0.15, 0.2) is 0 Å². The topological polar surface area (TPSA) is 106 Å². The molecular formula is C22H24F2N4O4S. The molecule has 3 atom stereocenters. The predicted molar refractivity (Wildman–Crippen MR) is 116 cm³/mol. The molecule has 33 heavy (non-hydrogen) atoms. The van der Waals surface area contributed by atoms with Crippen LogP contribution in [0.3, 0.4) is 0 Å². The van der Waals surface area contributed by atoms with Crippen LogP contribution in [0.2, 0.25) is 0 Å². The van der Waals surface area contributed by atoms with Crippen LogP contribution in [-0.4, -0.2) is 53.4 Å². The van der Waals surface area contributed by atoms with E-state index in [1.54, 1.807) is 23.0 Å². The summed E-state index contributed by atoms with van der Waals surface area (Å²) >= 11 is 0. The maximum atomic E-state index is 13.9. The molecule has 1 aliphatic rings. The fourth-order valence-electron chi connectivity index (χ4n) is 3.84. The zero-order chi connectivity index (χ0) is 23.4. The number of benzene rings is 2. The molecule has 2 aromatic carbocycles. The third-order valence-electron chi connectivity index (χ3n) is 5.59. The van der Waals surface area contributed by atoms with Crippen molar-refractivity contribution < 1.29 is 27.0 Å². The van der Waals surface area contributed by atoms with Crippen molar-refractivity contribution in [3.63, 3.8) is 0 Å². The summed E-state index contributed by atoms with van der Waals surface area (Å²) < 4.78 is 62.2. The van der Waals surface area contributed by atoms with Gasteiger partial charge in [-0.3, -0.25) is 4.68 Å². The number of rotatable bonds is 8. The van der Waals surface area contributed by atoms with E-state index in [9.17, 15) is 22.3 Å². The molecule has 0 unspecified atom stereocenters. The lowest BCUT2D eigenvalue weighted by Crippen LogP contribution is -2.51. The van der Waals surface area contributed by atoms with Gasteiger partial charge in [-0.25, -0.2) is 21.9 Å². The molecule has 1 aliphatic heterocycles. The first kappa shape index (κ1) is 23.4. The second-order valence-corrected chi connectivity index (χ2v) is 9.56. The number of ether oxygens (including phenoxy) is 1. The Kier molecular flexibility index (Phi) is 7.13. The van der Waals surface area contributed by atoms with Crippen molar-refractivity contribution >= 4 is 10.0 Å². The Balaban J connectivity index is 1.34. The molecule has 0 amide bonds. The highest BCUT2D eigenvalue weighted by atomic mass is 32.2. The lowest BCUT2D eigenvalue weighted by atomic mass is 9.98. The first-order valence-corrected chi connectivity index (χ1v) is 12.0. The summed E-state index contributed by atoms with van der Waals surface area (Å²) in [5.74, 6) is -1.17. The third-order valence-corrected chi connectivity index (χ3v) is 7.11. The van der Waals surface area contributed by atoms with Crippen LogP contribution >= 0.6 is 0 Å². The molecule has 0 bridgehead atoms. The number of aliphatic hydroxyl groups is 1. The Morgan fingerprint density at radius 3 is 2.61 bits per heavy atom. The molecule has 1 saturated heterocycles. The number of nitrogens with zero attached hydrogens (tertiary/aromatic N) is 3. The molecule has 2 N–H and O–H groups in total. The standard InChI is InChI=1S/C22H24F2N4O4S/c23-16-7-5-15(6-8-16)20-13-28(27-25-20)12-11-17-9-10-19(21(14-29)32-17)26-33(30,31)22-4-2-1-3-18(22)24/h1-8,13,17,19,21,26,29H,9-12,14H2/t17-,19-,21-/m1/s1. The summed E-state index contributed by atoms with van der Waals surface area (Å²) in [5.41, 5.74) is 1.37. The molecule has 0 aliphatic carbocycles. The Morgan fingerprint density at radius 1 is 1.12 bits per heavy atom. The second kappa shape index (κ2) is 10.0. The Bertz CT molecular complexity index is 1190. The van der Waals surface area contributed by atoms with Gasteiger partial charge in [-0.15, -0.1) is 5.10 Å². The molecule has 4 rings (SSSR count). The highest BCUT2D eigenvalue weighted by molar-refractivity contribution is 7.89. The molecule has 176 valence electrons. The maximum Gasteiger partial charge on any atom is 0.243 e. The van der Waals surface area contributed by atoms with Crippen molar-refractivity contribution in [3.8, 4) is 11.3 Å². The van der Waals surface area contributed by atoms with Gasteiger partial charge >= 0.3 is 0 Å². The van der Waals surface area contributed by atoms with E-state index in [1.807, 2.05) is 0 Å². The Hall–Kier alpha value is -2.73. The monoisotopic (exact) mass is 478 g/mol. The molecule has 2 heterocycles. The van der Waals surface area contributed by atoms with E-state index in [0.29, 0.717) is 31.5 Å². The SMILES string of the molecule is O=S(=O)(N[C@@H]1CC[C@H](CCn2cc(-c3ccc(F)cc3)nn2)O[C@@H]1CO)c1ccccc1F. The lowest BCUT2D eigenvalue weighted by molar-refractivity contribution is -0.0891. The van der Waals surface area contributed by atoms with E-state index in [2.05, 4.69) is 15.0 Å². The average Bonchev–Trinajstić information content (AvgIpc) is 3.28. The van der Waals surface area contributed by atoms with Gasteiger partial charge in [0.1, 0.15) is 22.2 Å². The minimum absolute atomic E-state index is 0.213. The van der Waals surface area contributed by atoms with Gasteiger partial charge in [0.25, 0.3) is 0 Å². The third kappa shape index (κ3) is 5.61. The minimum Gasteiger partial charge on any atom is -0.394 e. The number of aryl methyl sites for hydroxylation is 1. The van der Waals surface area contributed by atoms with Crippen LogP contribution in [0.4, 0.5) is 8.78 Å². The van der Waals surface area contributed by atoms with Gasteiger partial charge < -0.3 is 9.84 Å². The molecule has 0 saturated carbocycles. The Morgan fingerprint density at radius 2 is 1.88 bits per heavy atom. The van der Waals surface area contributed by atoms with Crippen molar-refractivity contribution in [1.29, 1.82) is 0 Å². The van der Waals surface area contributed by atoms with Gasteiger partial charge in [0, 0.05) is 12.1 Å². The molecule has 3 aromatic rings. The van der Waals surface area contributed by atoms with Crippen LogP contribution in [0.5, 0.6) is 0 Å². The summed E-state index contributed by atoms with van der Waals surface area (Å²) in [5, 5.41) is 17.9. The maximum absolute atomic E-state index is 13.9. The van der Waals surface area contributed by atoms with Crippen molar-refractivity contribution in [1.82, 2.24) is 19.7 Å². The molecule has 1 aromatic heterocycles. The van der Waals surface area contributed by atoms with E-state index in [0.717, 1.165) is 11.6 Å². The first-order chi connectivity index (χ1) is 15.9. The van der Waals surface area contributed by atoms with E-state index in [-0.39, 0.29) is 18.5 Å². The summed E-state index contributed by atoms with van der Waals surface area (Å²) in [4.78, 5) is -0.438. The molecular weight excluding hydrogens is 454 g/mol. The molecule has 8 nitrogen and oxygen atoms in total. The lowest BCUT2D eigenvalue weighted by Gasteiger charge is -2.36. The molecule has 0 radical (unpaired) electrons. The van der Waals surface area contributed by atoms with E-state index in [1.165, 1.54) is 30.3 Å². The fraction of sp³-hybridized carbons (Fsp3) is 0.364. The van der Waals surface area contributed by atoms with Crippen LogP contribution in [-0.2, 0) is 21.3 Å². The Labute approximate surface area is 190 Å². The number of nitrogens with one attached hydrogen (secondary N) is 1. The van der Waals surface area contributed by atoms with Crippen molar-refractivity contribution in [3.05, 3.63) is 66.4 Å². The van der Waals surface area contributed by atoms with Crippen molar-refractivity contribution in [2.24, 2.45) is 0 Å². The van der Waals surface area contributed by atoms with Crippen LogP contribution in [0.1, 0.15) is 19.3 Å². The number of hydrogen-bond donors (Lipinski definition) is 2. The number of aliphatic hydroxyl groups excluding tert-OH is 1. The van der Waals surface area contributed by atoms with E-state index >= 15 is 0 Å². The summed E-state index contributed by atoms with van der Waals surface area (Å²) in [6.45, 7) is 0.127. The zero-order valence-electron chi connectivity index (χ0n) is 17.6.